The summed E-state index contributed by atoms with van der Waals surface area (Å²) in [6, 6.07) is 9.76. The smallest absolute Gasteiger partial charge is 0.225 e. The Morgan fingerprint density at radius 3 is 2.77 bits per heavy atom. The number of piperazine rings is 1. The van der Waals surface area contributed by atoms with Gasteiger partial charge in [-0.15, -0.1) is 0 Å². The topological polar surface area (TPSA) is 48.5 Å². The summed E-state index contributed by atoms with van der Waals surface area (Å²) in [5.41, 5.74) is 1.64. The van der Waals surface area contributed by atoms with Gasteiger partial charge < -0.3 is 15.1 Å². The Balaban J connectivity index is 1.57. The van der Waals surface area contributed by atoms with Crippen LogP contribution in [0.1, 0.15) is 6.42 Å². The van der Waals surface area contributed by atoms with Crippen LogP contribution in [0.15, 0.2) is 36.5 Å². The first kappa shape index (κ1) is 14.9. The predicted octanol–water partition coefficient (Wildman–Crippen LogP) is 1.81. The molecule has 1 aromatic heterocycles. The maximum Gasteiger partial charge on any atom is 0.225 e. The number of nitrogens with one attached hydrogen (secondary N) is 1. The molecular formula is C17H22N4O. The van der Waals surface area contributed by atoms with Gasteiger partial charge >= 0.3 is 0 Å². The maximum absolute atomic E-state index is 12.2. The highest BCUT2D eigenvalue weighted by Gasteiger charge is 2.15. The molecule has 2 heterocycles. The minimum Gasteiger partial charge on any atom is -0.324 e. The van der Waals surface area contributed by atoms with Gasteiger partial charge in [-0.1, -0.05) is 18.2 Å². The molecule has 0 unspecified atom stereocenters. The van der Waals surface area contributed by atoms with Gasteiger partial charge in [-0.05, 0) is 19.2 Å². The molecule has 1 aliphatic heterocycles. The number of hydrogen-bond donors (Lipinski definition) is 1. The van der Waals surface area contributed by atoms with Gasteiger partial charge in [0.15, 0.2) is 0 Å². The van der Waals surface area contributed by atoms with Gasteiger partial charge in [-0.3, -0.25) is 9.78 Å². The second-order valence-corrected chi connectivity index (χ2v) is 5.82. The van der Waals surface area contributed by atoms with E-state index in [1.807, 2.05) is 30.3 Å². The van der Waals surface area contributed by atoms with Crippen molar-refractivity contribution in [1.29, 1.82) is 0 Å². The van der Waals surface area contributed by atoms with Crippen molar-refractivity contribution >= 4 is 22.5 Å². The van der Waals surface area contributed by atoms with Crippen LogP contribution < -0.4 is 5.32 Å². The molecule has 0 radical (unpaired) electrons. The number of benzene rings is 1. The van der Waals surface area contributed by atoms with Crippen LogP contribution in [-0.4, -0.2) is 60.5 Å². The fourth-order valence-corrected chi connectivity index (χ4v) is 2.75. The first-order valence-corrected chi connectivity index (χ1v) is 7.77. The van der Waals surface area contributed by atoms with E-state index in [0.717, 1.165) is 49.3 Å². The Bertz CT molecular complexity index is 645. The lowest BCUT2D eigenvalue weighted by Crippen LogP contribution is -2.45. The van der Waals surface area contributed by atoms with E-state index in [-0.39, 0.29) is 5.91 Å². The molecule has 1 fully saturated rings. The van der Waals surface area contributed by atoms with Gasteiger partial charge in [0, 0.05) is 50.7 Å². The van der Waals surface area contributed by atoms with Crippen LogP contribution in [0, 0.1) is 0 Å². The number of hydrogen-bond acceptors (Lipinski definition) is 4. The van der Waals surface area contributed by atoms with Crippen molar-refractivity contribution in [3.05, 3.63) is 36.5 Å². The van der Waals surface area contributed by atoms with Crippen LogP contribution in [-0.2, 0) is 4.79 Å². The lowest BCUT2D eigenvalue weighted by molar-refractivity contribution is -0.116. The van der Waals surface area contributed by atoms with Gasteiger partial charge in [-0.2, -0.15) is 0 Å². The average molecular weight is 298 g/mol. The van der Waals surface area contributed by atoms with Gasteiger partial charge in [-0.25, -0.2) is 0 Å². The molecule has 0 spiro atoms. The van der Waals surface area contributed by atoms with Crippen molar-refractivity contribution in [2.45, 2.75) is 6.42 Å². The summed E-state index contributed by atoms with van der Waals surface area (Å²) in [6.45, 7) is 5.06. The summed E-state index contributed by atoms with van der Waals surface area (Å²) in [6.07, 6.45) is 2.27. The Labute approximate surface area is 130 Å². The van der Waals surface area contributed by atoms with E-state index < -0.39 is 0 Å². The average Bonchev–Trinajstić information content (AvgIpc) is 2.55. The van der Waals surface area contributed by atoms with E-state index in [1.165, 1.54) is 0 Å². The molecule has 0 aliphatic carbocycles. The van der Waals surface area contributed by atoms with Crippen LogP contribution in [0.5, 0.6) is 0 Å². The van der Waals surface area contributed by atoms with Crippen molar-refractivity contribution in [3.63, 3.8) is 0 Å². The Hall–Kier alpha value is -1.98. The fourth-order valence-electron chi connectivity index (χ4n) is 2.75. The molecule has 1 amide bonds. The lowest BCUT2D eigenvalue weighted by atomic mass is 10.2. The summed E-state index contributed by atoms with van der Waals surface area (Å²) in [5.74, 6) is 0.0529. The largest absolute Gasteiger partial charge is 0.324 e. The van der Waals surface area contributed by atoms with Crippen molar-refractivity contribution in [1.82, 2.24) is 14.8 Å². The SMILES string of the molecule is CN1CCN(CCC(=O)Nc2cccc3cccnc23)CC1. The van der Waals surface area contributed by atoms with Crippen molar-refractivity contribution in [2.75, 3.05) is 45.1 Å². The van der Waals surface area contributed by atoms with E-state index >= 15 is 0 Å². The zero-order valence-corrected chi connectivity index (χ0v) is 13.0. The molecule has 0 bridgehead atoms. The predicted molar refractivity (Wildman–Crippen MR) is 88.9 cm³/mol. The molecule has 1 N–H and O–H groups in total. The summed E-state index contributed by atoms with van der Waals surface area (Å²) >= 11 is 0. The molecule has 5 nitrogen and oxygen atoms in total. The number of amides is 1. The Kier molecular flexibility index (Phi) is 4.65. The molecular weight excluding hydrogens is 276 g/mol. The van der Waals surface area contributed by atoms with Gasteiger partial charge in [0.2, 0.25) is 5.91 Å². The Morgan fingerprint density at radius 1 is 1.18 bits per heavy atom. The minimum atomic E-state index is 0.0529. The Morgan fingerprint density at radius 2 is 1.95 bits per heavy atom. The normalized spacial score (nSPS) is 16.8. The summed E-state index contributed by atoms with van der Waals surface area (Å²) in [5, 5.41) is 4.04. The summed E-state index contributed by atoms with van der Waals surface area (Å²) in [7, 11) is 2.14. The van der Waals surface area contributed by atoms with Crippen LogP contribution in [0.25, 0.3) is 10.9 Å². The zero-order valence-electron chi connectivity index (χ0n) is 13.0. The molecule has 0 saturated carbocycles. The fraction of sp³-hybridized carbons (Fsp3) is 0.412. The lowest BCUT2D eigenvalue weighted by Gasteiger charge is -2.32. The second-order valence-electron chi connectivity index (χ2n) is 5.82. The monoisotopic (exact) mass is 298 g/mol. The minimum absolute atomic E-state index is 0.0529. The van der Waals surface area contributed by atoms with Gasteiger partial charge in [0.05, 0.1) is 11.2 Å². The number of carbonyl (C=O) groups is 1. The molecule has 1 aliphatic rings. The van der Waals surface area contributed by atoms with Crippen LogP contribution in [0.4, 0.5) is 5.69 Å². The molecule has 22 heavy (non-hydrogen) atoms. The molecule has 1 aromatic carbocycles. The summed E-state index contributed by atoms with van der Waals surface area (Å²) in [4.78, 5) is 21.2. The zero-order chi connectivity index (χ0) is 15.4. The van der Waals surface area contributed by atoms with Crippen molar-refractivity contribution in [2.24, 2.45) is 0 Å². The number of likely N-dealkylation sites (N-methyl/N-ethyl adjacent to an activating group) is 1. The van der Waals surface area contributed by atoms with E-state index in [4.69, 9.17) is 0 Å². The number of fused-ring (bicyclic) bond motifs is 1. The highest BCUT2D eigenvalue weighted by molar-refractivity contribution is 6.00. The van der Waals surface area contributed by atoms with Crippen LogP contribution >= 0.6 is 0 Å². The van der Waals surface area contributed by atoms with Crippen molar-refractivity contribution < 1.29 is 4.79 Å². The van der Waals surface area contributed by atoms with Crippen LogP contribution in [0.2, 0.25) is 0 Å². The van der Waals surface area contributed by atoms with Gasteiger partial charge in [0.1, 0.15) is 0 Å². The van der Waals surface area contributed by atoms with E-state index in [9.17, 15) is 4.79 Å². The number of aromatic nitrogens is 1. The first-order valence-electron chi connectivity index (χ1n) is 7.77. The standard InChI is InChI=1S/C17H22N4O/c1-20-10-12-21(13-11-20)9-7-16(22)19-15-6-2-4-14-5-3-8-18-17(14)15/h2-6,8H,7,9-13H2,1H3,(H,19,22). The molecule has 116 valence electrons. The third kappa shape index (κ3) is 3.61. The number of nitrogens with zero attached hydrogens (tertiary/aromatic N) is 3. The number of rotatable bonds is 4. The molecule has 0 atom stereocenters. The third-order valence-electron chi connectivity index (χ3n) is 4.16. The van der Waals surface area contributed by atoms with Crippen LogP contribution in [0.3, 0.4) is 0 Å². The molecule has 3 rings (SSSR count). The number of para-hydroxylation sites is 1. The molecule has 5 heteroatoms. The van der Waals surface area contributed by atoms with E-state index in [0.29, 0.717) is 6.42 Å². The number of carbonyl (C=O) groups excluding carboxylic acids is 1. The van der Waals surface area contributed by atoms with Gasteiger partial charge in [0.25, 0.3) is 0 Å². The molecule has 2 aromatic rings. The maximum atomic E-state index is 12.2. The highest BCUT2D eigenvalue weighted by Crippen LogP contribution is 2.20. The van der Waals surface area contributed by atoms with E-state index in [2.05, 4.69) is 27.1 Å². The van der Waals surface area contributed by atoms with Crippen molar-refractivity contribution in [3.8, 4) is 0 Å². The molecule has 1 saturated heterocycles. The number of pyridine rings is 1. The summed E-state index contributed by atoms with van der Waals surface area (Å²) < 4.78 is 0. The van der Waals surface area contributed by atoms with E-state index in [1.54, 1.807) is 6.20 Å². The highest BCUT2D eigenvalue weighted by atomic mass is 16.1. The second kappa shape index (κ2) is 6.85. The quantitative estimate of drug-likeness (QED) is 0.935. The first-order chi connectivity index (χ1) is 10.7. The number of anilines is 1. The third-order valence-corrected chi connectivity index (χ3v) is 4.16.